The van der Waals surface area contributed by atoms with E-state index in [0.717, 1.165) is 43.3 Å². The van der Waals surface area contributed by atoms with Crippen LogP contribution in [0, 0.1) is 0 Å². The van der Waals surface area contributed by atoms with Crippen molar-refractivity contribution in [1.29, 1.82) is 0 Å². The van der Waals surface area contributed by atoms with Crippen molar-refractivity contribution in [3.8, 4) is 0 Å². The van der Waals surface area contributed by atoms with Gasteiger partial charge < -0.3 is 15.5 Å². The summed E-state index contributed by atoms with van der Waals surface area (Å²) in [5, 5.41) is 8.99. The maximum absolute atomic E-state index is 12.5. The van der Waals surface area contributed by atoms with E-state index in [1.807, 2.05) is 0 Å². The van der Waals surface area contributed by atoms with E-state index in [1.54, 1.807) is 11.8 Å². The van der Waals surface area contributed by atoms with E-state index in [-0.39, 0.29) is 24.3 Å². The number of amides is 2. The van der Waals surface area contributed by atoms with Crippen LogP contribution in [0.4, 0.5) is 0 Å². The summed E-state index contributed by atoms with van der Waals surface area (Å²) in [6.45, 7) is 3.76. The van der Waals surface area contributed by atoms with Crippen LogP contribution in [0.5, 0.6) is 0 Å². The van der Waals surface area contributed by atoms with Gasteiger partial charge in [-0.3, -0.25) is 19.5 Å². The van der Waals surface area contributed by atoms with E-state index in [2.05, 4.69) is 30.8 Å². The molecule has 0 aromatic rings. The highest BCUT2D eigenvalue weighted by atomic mass is 32.2. The predicted molar refractivity (Wildman–Crippen MR) is 98.1 cm³/mol. The predicted octanol–water partition coefficient (Wildman–Crippen LogP) is 0.496. The lowest BCUT2D eigenvalue weighted by molar-refractivity contribution is -0.135. The summed E-state index contributed by atoms with van der Waals surface area (Å²) in [6, 6.07) is 0.133. The Labute approximate surface area is 152 Å². The highest BCUT2D eigenvalue weighted by Gasteiger charge is 2.36. The van der Waals surface area contributed by atoms with E-state index in [4.69, 9.17) is 0 Å². The first-order valence-corrected chi connectivity index (χ1v) is 10.1. The van der Waals surface area contributed by atoms with Crippen LogP contribution >= 0.6 is 11.8 Å². The molecule has 1 aliphatic carbocycles. The van der Waals surface area contributed by atoms with Crippen molar-refractivity contribution in [2.45, 2.75) is 44.2 Å². The first kappa shape index (κ1) is 16.9. The molecule has 1 saturated heterocycles. The number of hydrogen-bond donors (Lipinski definition) is 2. The van der Waals surface area contributed by atoms with E-state index in [9.17, 15) is 9.59 Å². The quantitative estimate of drug-likeness (QED) is 0.744. The Kier molecular flexibility index (Phi) is 4.98. The topological polar surface area (TPSA) is 77.0 Å². The summed E-state index contributed by atoms with van der Waals surface area (Å²) in [6.07, 6.45) is 4.99. The van der Waals surface area contributed by atoms with Crippen molar-refractivity contribution in [2.24, 2.45) is 4.99 Å². The van der Waals surface area contributed by atoms with Crippen molar-refractivity contribution in [1.82, 2.24) is 20.4 Å². The van der Waals surface area contributed by atoms with Crippen LogP contribution in [-0.2, 0) is 9.59 Å². The van der Waals surface area contributed by atoms with Gasteiger partial charge in [-0.2, -0.15) is 0 Å². The number of thioether (sulfide) groups is 1. The van der Waals surface area contributed by atoms with Crippen LogP contribution in [0.25, 0.3) is 0 Å². The van der Waals surface area contributed by atoms with Crippen molar-refractivity contribution in [3.63, 3.8) is 0 Å². The smallest absolute Gasteiger partial charge is 0.237 e. The molecule has 0 aromatic carbocycles. The molecule has 0 spiro atoms. The van der Waals surface area contributed by atoms with Gasteiger partial charge in [-0.1, -0.05) is 24.6 Å². The maximum atomic E-state index is 12.5. The molecule has 4 rings (SSSR count). The molecule has 1 atom stereocenters. The molecular formula is C17H25N5O2S. The highest BCUT2D eigenvalue weighted by Crippen LogP contribution is 2.29. The van der Waals surface area contributed by atoms with Crippen LogP contribution in [0.15, 0.2) is 16.1 Å². The zero-order valence-corrected chi connectivity index (χ0v) is 15.2. The van der Waals surface area contributed by atoms with Gasteiger partial charge in [0, 0.05) is 36.8 Å². The number of amidine groups is 1. The first-order valence-electron chi connectivity index (χ1n) is 9.20. The van der Waals surface area contributed by atoms with Crippen molar-refractivity contribution in [2.75, 3.05) is 32.7 Å². The number of aliphatic imine (C=N–C) groups is 1. The Balaban J connectivity index is 1.32. The molecule has 25 heavy (non-hydrogen) atoms. The fraction of sp³-hybridized carbons (Fsp3) is 0.706. The highest BCUT2D eigenvalue weighted by molar-refractivity contribution is 8.16. The summed E-state index contributed by atoms with van der Waals surface area (Å²) < 4.78 is 0. The summed E-state index contributed by atoms with van der Waals surface area (Å²) in [5.41, 5.74) is 1.09. The number of rotatable bonds is 5. The molecule has 0 aromatic heterocycles. The molecule has 0 bridgehead atoms. The summed E-state index contributed by atoms with van der Waals surface area (Å²) in [5.74, 6) is -0.0570. The lowest BCUT2D eigenvalue weighted by atomic mass is 10.0. The minimum absolute atomic E-state index is 0.00194. The molecule has 136 valence electrons. The third kappa shape index (κ3) is 3.55. The largest absolute Gasteiger partial charge is 0.353 e. The molecule has 0 unspecified atom stereocenters. The zero-order chi connectivity index (χ0) is 17.2. The number of carbonyl (C=O) groups excluding carboxylic acids is 2. The summed E-state index contributed by atoms with van der Waals surface area (Å²) in [4.78, 5) is 33.6. The van der Waals surface area contributed by atoms with Crippen molar-refractivity contribution >= 4 is 28.7 Å². The standard InChI is InChI=1S/C17H25N5O2S/c23-15(20-10-13-11-25-17-19-6-8-22(13)17)9-14-16(24)18-5-7-21(14)12-3-1-2-4-12/h11-12,14H,1-10H2,(H,18,24)(H,20,23)/t14-/m1/s1. The Bertz CT molecular complexity index is 614. The molecule has 3 aliphatic heterocycles. The van der Waals surface area contributed by atoms with Gasteiger partial charge in [0.2, 0.25) is 11.8 Å². The zero-order valence-electron chi connectivity index (χ0n) is 14.4. The van der Waals surface area contributed by atoms with E-state index >= 15 is 0 Å². The van der Waals surface area contributed by atoms with Crippen LogP contribution in [0.2, 0.25) is 0 Å². The monoisotopic (exact) mass is 363 g/mol. The molecule has 7 nitrogen and oxygen atoms in total. The summed E-state index contributed by atoms with van der Waals surface area (Å²) >= 11 is 1.62. The maximum Gasteiger partial charge on any atom is 0.237 e. The number of fused-ring (bicyclic) bond motifs is 1. The number of piperazine rings is 1. The van der Waals surface area contributed by atoms with Crippen LogP contribution in [-0.4, -0.2) is 71.6 Å². The van der Waals surface area contributed by atoms with E-state index in [1.165, 1.54) is 12.8 Å². The Hall–Kier alpha value is -1.54. The van der Waals surface area contributed by atoms with Gasteiger partial charge in [-0.05, 0) is 12.8 Å². The molecule has 1 saturated carbocycles. The average Bonchev–Trinajstić information content (AvgIpc) is 3.33. The Morgan fingerprint density at radius 1 is 1.36 bits per heavy atom. The second kappa shape index (κ2) is 7.37. The second-order valence-corrected chi connectivity index (χ2v) is 7.84. The minimum atomic E-state index is -0.326. The van der Waals surface area contributed by atoms with Gasteiger partial charge in [0.15, 0.2) is 5.17 Å². The molecule has 2 N–H and O–H groups in total. The average molecular weight is 363 g/mol. The Morgan fingerprint density at radius 2 is 2.20 bits per heavy atom. The van der Waals surface area contributed by atoms with Crippen LogP contribution in [0.1, 0.15) is 32.1 Å². The first-order chi connectivity index (χ1) is 12.2. The van der Waals surface area contributed by atoms with Crippen LogP contribution in [0.3, 0.4) is 0 Å². The molecule has 2 amide bonds. The Morgan fingerprint density at radius 3 is 3.04 bits per heavy atom. The van der Waals surface area contributed by atoms with Gasteiger partial charge in [0.05, 0.1) is 25.6 Å². The van der Waals surface area contributed by atoms with Gasteiger partial charge in [-0.25, -0.2) is 0 Å². The van der Waals surface area contributed by atoms with E-state index < -0.39 is 0 Å². The second-order valence-electron chi connectivity index (χ2n) is 7.01. The molecule has 2 fully saturated rings. The van der Waals surface area contributed by atoms with Crippen molar-refractivity contribution < 1.29 is 9.59 Å². The third-order valence-corrected chi connectivity index (χ3v) is 6.41. The fourth-order valence-electron chi connectivity index (χ4n) is 4.17. The van der Waals surface area contributed by atoms with Gasteiger partial charge in [-0.15, -0.1) is 0 Å². The lowest BCUT2D eigenvalue weighted by Crippen LogP contribution is -2.59. The number of carbonyl (C=O) groups is 2. The van der Waals surface area contributed by atoms with E-state index in [0.29, 0.717) is 19.1 Å². The molecule has 3 heterocycles. The molecular weight excluding hydrogens is 338 g/mol. The molecule has 0 radical (unpaired) electrons. The molecule has 4 aliphatic rings. The van der Waals surface area contributed by atoms with Crippen molar-refractivity contribution in [3.05, 3.63) is 11.1 Å². The van der Waals surface area contributed by atoms with Crippen LogP contribution < -0.4 is 10.6 Å². The SMILES string of the molecule is O=C(C[C@@H]1C(=O)NCCN1C1CCCC1)NCC1=CSC2=NCCN12. The molecule has 8 heteroatoms. The number of nitrogens with one attached hydrogen (secondary N) is 2. The minimum Gasteiger partial charge on any atom is -0.353 e. The van der Waals surface area contributed by atoms with Gasteiger partial charge >= 0.3 is 0 Å². The third-order valence-electron chi connectivity index (χ3n) is 5.46. The van der Waals surface area contributed by atoms with Gasteiger partial charge in [0.1, 0.15) is 0 Å². The number of hydrogen-bond acceptors (Lipinski definition) is 6. The lowest BCUT2D eigenvalue weighted by Gasteiger charge is -2.38. The fourth-order valence-corrected chi connectivity index (χ4v) is 5.12. The van der Waals surface area contributed by atoms with Gasteiger partial charge in [0.25, 0.3) is 0 Å². The number of nitrogens with zero attached hydrogens (tertiary/aromatic N) is 3. The normalized spacial score (nSPS) is 27.1. The summed E-state index contributed by atoms with van der Waals surface area (Å²) in [7, 11) is 0.